The van der Waals surface area contributed by atoms with E-state index in [0.717, 1.165) is 11.4 Å². The molecule has 3 rings (SSSR count). The fourth-order valence-electron chi connectivity index (χ4n) is 2.84. The van der Waals surface area contributed by atoms with Gasteiger partial charge in [0, 0.05) is 22.4 Å². The lowest BCUT2D eigenvalue weighted by molar-refractivity contribution is -0.113. The van der Waals surface area contributed by atoms with Crippen molar-refractivity contribution in [2.75, 3.05) is 17.7 Å². The highest BCUT2D eigenvalue weighted by molar-refractivity contribution is 7.99. The Morgan fingerprint density at radius 2 is 2.17 bits per heavy atom. The smallest absolute Gasteiger partial charge is 0.234 e. The maximum absolute atomic E-state index is 12.5. The number of nitrogens with zero attached hydrogens (tertiary/aromatic N) is 3. The van der Waals surface area contributed by atoms with Crippen LogP contribution in [-0.2, 0) is 11.3 Å². The third-order valence-corrected chi connectivity index (χ3v) is 6.47. The van der Waals surface area contributed by atoms with E-state index in [9.17, 15) is 4.79 Å². The van der Waals surface area contributed by atoms with E-state index in [1.165, 1.54) is 16.6 Å². The highest BCUT2D eigenvalue weighted by Crippen LogP contribution is 2.31. The van der Waals surface area contributed by atoms with Crippen LogP contribution in [0.25, 0.3) is 11.4 Å². The molecule has 0 aliphatic rings. The molecule has 0 aliphatic carbocycles. The van der Waals surface area contributed by atoms with Gasteiger partial charge in [-0.3, -0.25) is 9.36 Å². The van der Waals surface area contributed by atoms with Crippen LogP contribution in [0.3, 0.4) is 0 Å². The standard InChI is InChI=1S/C22H26N4O2S2/c1-5-11-26-21(16-12-19(15(3)4)29-13-16)24-25-22(26)30-14-20(27)23-17-9-7-8-10-18(17)28-6-2/h5,7-10,12-13,15H,1,6,11,14H2,2-4H3,(H,23,27). The molecule has 0 saturated carbocycles. The SMILES string of the molecule is C=CCn1c(SCC(=O)Nc2ccccc2OCC)nnc1-c1csc(C(C)C)c1. The first kappa shape index (κ1) is 22.1. The Morgan fingerprint density at radius 3 is 2.87 bits per heavy atom. The fourth-order valence-corrected chi connectivity index (χ4v) is 4.49. The number of benzene rings is 1. The molecule has 1 amide bonds. The van der Waals surface area contributed by atoms with Gasteiger partial charge in [0.25, 0.3) is 0 Å². The van der Waals surface area contributed by atoms with Gasteiger partial charge in [-0.05, 0) is 31.0 Å². The minimum atomic E-state index is -0.125. The third-order valence-electron chi connectivity index (χ3n) is 4.27. The molecule has 0 saturated heterocycles. The lowest BCUT2D eigenvalue weighted by atomic mass is 10.1. The van der Waals surface area contributed by atoms with Crippen LogP contribution in [0.15, 0.2) is 53.5 Å². The van der Waals surface area contributed by atoms with Gasteiger partial charge in [0.15, 0.2) is 11.0 Å². The largest absolute Gasteiger partial charge is 0.492 e. The maximum Gasteiger partial charge on any atom is 0.234 e. The quantitative estimate of drug-likeness (QED) is 0.334. The molecule has 2 heterocycles. The van der Waals surface area contributed by atoms with Crippen molar-refractivity contribution in [2.45, 2.75) is 38.4 Å². The molecule has 0 spiro atoms. The van der Waals surface area contributed by atoms with Crippen LogP contribution in [-0.4, -0.2) is 33.0 Å². The topological polar surface area (TPSA) is 69.0 Å². The fraction of sp³-hybridized carbons (Fsp3) is 0.318. The molecule has 8 heteroatoms. The molecule has 0 atom stereocenters. The first-order valence-electron chi connectivity index (χ1n) is 9.80. The van der Waals surface area contributed by atoms with Crippen molar-refractivity contribution < 1.29 is 9.53 Å². The van der Waals surface area contributed by atoms with Crippen LogP contribution in [0.1, 0.15) is 31.6 Å². The van der Waals surface area contributed by atoms with Gasteiger partial charge in [-0.2, -0.15) is 0 Å². The van der Waals surface area contributed by atoms with Gasteiger partial charge in [0.1, 0.15) is 5.75 Å². The van der Waals surface area contributed by atoms with Crippen molar-refractivity contribution in [2.24, 2.45) is 0 Å². The van der Waals surface area contributed by atoms with Gasteiger partial charge < -0.3 is 10.1 Å². The van der Waals surface area contributed by atoms with Crippen LogP contribution in [0, 0.1) is 0 Å². The number of para-hydroxylation sites is 2. The predicted molar refractivity (Wildman–Crippen MR) is 125 cm³/mol. The molecule has 3 aromatic rings. The number of anilines is 1. The number of thioether (sulfide) groups is 1. The Balaban J connectivity index is 1.71. The van der Waals surface area contributed by atoms with Crippen molar-refractivity contribution in [3.63, 3.8) is 0 Å². The predicted octanol–water partition coefficient (Wildman–Crippen LogP) is 5.45. The molecule has 30 heavy (non-hydrogen) atoms. The summed E-state index contributed by atoms with van der Waals surface area (Å²) in [5.41, 5.74) is 1.71. The van der Waals surface area contributed by atoms with Crippen LogP contribution < -0.4 is 10.1 Å². The highest BCUT2D eigenvalue weighted by Gasteiger charge is 2.17. The second kappa shape index (κ2) is 10.4. The molecule has 1 N–H and O–H groups in total. The number of carbonyl (C=O) groups excluding carboxylic acids is 1. The van der Waals surface area contributed by atoms with Crippen molar-refractivity contribution in [3.05, 3.63) is 53.2 Å². The van der Waals surface area contributed by atoms with Crippen molar-refractivity contribution >= 4 is 34.7 Å². The molecule has 0 bridgehead atoms. The third kappa shape index (κ3) is 5.31. The van der Waals surface area contributed by atoms with Crippen LogP contribution >= 0.6 is 23.1 Å². The molecule has 0 aliphatic heterocycles. The van der Waals surface area contributed by atoms with Crippen LogP contribution in [0.4, 0.5) is 5.69 Å². The van der Waals surface area contributed by atoms with E-state index >= 15 is 0 Å². The second-order valence-electron chi connectivity index (χ2n) is 6.86. The summed E-state index contributed by atoms with van der Waals surface area (Å²) in [6.45, 7) is 11.2. The number of allylic oxidation sites excluding steroid dienone is 1. The summed E-state index contributed by atoms with van der Waals surface area (Å²) in [7, 11) is 0. The van der Waals surface area contributed by atoms with Crippen molar-refractivity contribution in [1.29, 1.82) is 0 Å². The first-order valence-corrected chi connectivity index (χ1v) is 11.7. The highest BCUT2D eigenvalue weighted by atomic mass is 32.2. The number of carbonyl (C=O) groups is 1. The molecule has 0 fully saturated rings. The normalized spacial score (nSPS) is 10.9. The van der Waals surface area contributed by atoms with Gasteiger partial charge in [-0.1, -0.05) is 43.8 Å². The van der Waals surface area contributed by atoms with E-state index in [2.05, 4.69) is 47.4 Å². The number of hydrogen-bond acceptors (Lipinski definition) is 6. The Kier molecular flexibility index (Phi) is 7.70. The van der Waals surface area contributed by atoms with E-state index < -0.39 is 0 Å². The van der Waals surface area contributed by atoms with Gasteiger partial charge in [0.05, 0.1) is 18.0 Å². The average molecular weight is 443 g/mol. The summed E-state index contributed by atoms with van der Waals surface area (Å²) in [5.74, 6) is 2.02. The zero-order valence-corrected chi connectivity index (χ0v) is 19.1. The summed E-state index contributed by atoms with van der Waals surface area (Å²) in [6.07, 6.45) is 1.81. The van der Waals surface area contributed by atoms with E-state index in [-0.39, 0.29) is 11.7 Å². The van der Waals surface area contributed by atoms with E-state index in [0.29, 0.717) is 35.7 Å². The minimum absolute atomic E-state index is 0.125. The molecule has 0 radical (unpaired) electrons. The van der Waals surface area contributed by atoms with Gasteiger partial charge >= 0.3 is 0 Å². The number of ether oxygens (including phenoxy) is 1. The Bertz CT molecular complexity index is 1010. The number of nitrogens with one attached hydrogen (secondary N) is 1. The monoisotopic (exact) mass is 442 g/mol. The maximum atomic E-state index is 12.5. The minimum Gasteiger partial charge on any atom is -0.492 e. The Morgan fingerprint density at radius 1 is 1.37 bits per heavy atom. The van der Waals surface area contributed by atoms with E-state index in [1.807, 2.05) is 41.8 Å². The van der Waals surface area contributed by atoms with Crippen LogP contribution in [0.2, 0.25) is 0 Å². The Labute approximate surface area is 185 Å². The van der Waals surface area contributed by atoms with Gasteiger partial charge in [-0.15, -0.1) is 28.1 Å². The number of rotatable bonds is 10. The summed E-state index contributed by atoms with van der Waals surface area (Å²) >= 11 is 3.08. The van der Waals surface area contributed by atoms with Crippen molar-refractivity contribution in [3.8, 4) is 17.1 Å². The molecular formula is C22H26N4O2S2. The lowest BCUT2D eigenvalue weighted by Gasteiger charge is -2.11. The zero-order chi connectivity index (χ0) is 21.5. The molecule has 158 valence electrons. The Hall–Kier alpha value is -2.58. The second-order valence-corrected chi connectivity index (χ2v) is 8.75. The molecule has 6 nitrogen and oxygen atoms in total. The van der Waals surface area contributed by atoms with E-state index in [4.69, 9.17) is 4.74 Å². The summed E-state index contributed by atoms with van der Waals surface area (Å²) in [4.78, 5) is 13.8. The van der Waals surface area contributed by atoms with Crippen molar-refractivity contribution in [1.82, 2.24) is 14.8 Å². The number of aromatic nitrogens is 3. The van der Waals surface area contributed by atoms with Crippen LogP contribution in [0.5, 0.6) is 5.75 Å². The van der Waals surface area contributed by atoms with Gasteiger partial charge in [0.2, 0.25) is 5.91 Å². The molecule has 0 unspecified atom stereocenters. The van der Waals surface area contributed by atoms with E-state index in [1.54, 1.807) is 11.3 Å². The first-order chi connectivity index (χ1) is 14.5. The lowest BCUT2D eigenvalue weighted by Crippen LogP contribution is -2.15. The summed E-state index contributed by atoms with van der Waals surface area (Å²) in [5, 5.41) is 14.4. The number of hydrogen-bond donors (Lipinski definition) is 1. The number of amides is 1. The molecular weight excluding hydrogens is 416 g/mol. The summed E-state index contributed by atoms with van der Waals surface area (Å²) in [6, 6.07) is 9.57. The summed E-state index contributed by atoms with van der Waals surface area (Å²) < 4.78 is 7.56. The molecule has 1 aromatic carbocycles. The zero-order valence-electron chi connectivity index (χ0n) is 17.4. The molecule has 2 aromatic heterocycles. The van der Waals surface area contributed by atoms with Gasteiger partial charge in [-0.25, -0.2) is 0 Å². The average Bonchev–Trinajstić information content (AvgIpc) is 3.36. The number of thiophene rings is 1.